The summed E-state index contributed by atoms with van der Waals surface area (Å²) in [6.45, 7) is 10.3. The highest BCUT2D eigenvalue weighted by Gasteiger charge is 2.18. The molecule has 0 aliphatic rings. The Morgan fingerprint density at radius 3 is 2.36 bits per heavy atom. The number of nitrogens with zero attached hydrogens (tertiary/aromatic N) is 1. The quantitative estimate of drug-likeness (QED) is 0.861. The maximum Gasteiger partial charge on any atom is 0.251 e. The topological polar surface area (TPSA) is 71.1 Å². The average molecular weight is 359 g/mol. The van der Waals surface area contributed by atoms with Gasteiger partial charge in [-0.3, -0.25) is 9.59 Å². The molecule has 25 heavy (non-hydrogen) atoms. The lowest BCUT2D eigenvalue weighted by Gasteiger charge is -2.19. The van der Waals surface area contributed by atoms with E-state index in [1.165, 1.54) is 11.3 Å². The van der Waals surface area contributed by atoms with Gasteiger partial charge in [0, 0.05) is 16.6 Å². The molecule has 134 valence electrons. The Labute approximate surface area is 152 Å². The summed E-state index contributed by atoms with van der Waals surface area (Å²) < 4.78 is 0. The van der Waals surface area contributed by atoms with Crippen LogP contribution in [-0.2, 0) is 16.8 Å². The van der Waals surface area contributed by atoms with Crippen molar-refractivity contribution in [3.8, 4) is 0 Å². The molecule has 0 saturated heterocycles. The largest absolute Gasteiger partial charge is 0.348 e. The number of benzene rings is 1. The zero-order valence-corrected chi connectivity index (χ0v) is 16.2. The number of nitrogens with one attached hydrogen (secondary N) is 2. The Bertz CT molecular complexity index is 745. The van der Waals surface area contributed by atoms with E-state index in [1.54, 1.807) is 19.1 Å². The van der Waals surface area contributed by atoms with Crippen LogP contribution in [0.3, 0.4) is 0 Å². The molecule has 0 bridgehead atoms. The fraction of sp³-hybridized carbons (Fsp3) is 0.421. The molecule has 6 heteroatoms. The second kappa shape index (κ2) is 7.78. The third-order valence-electron chi connectivity index (χ3n) is 3.83. The first-order chi connectivity index (χ1) is 11.7. The van der Waals surface area contributed by atoms with Gasteiger partial charge in [-0.1, -0.05) is 32.9 Å². The molecule has 1 aromatic heterocycles. The number of rotatable bonds is 5. The van der Waals surface area contributed by atoms with Crippen molar-refractivity contribution in [3.05, 3.63) is 51.5 Å². The molecule has 1 atom stereocenters. The summed E-state index contributed by atoms with van der Waals surface area (Å²) >= 11 is 1.50. The van der Waals surface area contributed by atoms with Crippen LogP contribution < -0.4 is 10.6 Å². The van der Waals surface area contributed by atoms with E-state index in [1.807, 2.05) is 24.4 Å². The van der Waals surface area contributed by atoms with Gasteiger partial charge >= 0.3 is 0 Å². The lowest BCUT2D eigenvalue weighted by atomic mass is 9.86. The van der Waals surface area contributed by atoms with Crippen molar-refractivity contribution < 1.29 is 9.59 Å². The fourth-order valence-corrected chi connectivity index (χ4v) is 2.98. The monoisotopic (exact) mass is 359 g/mol. The van der Waals surface area contributed by atoms with Gasteiger partial charge in [0.25, 0.3) is 5.91 Å². The molecule has 0 radical (unpaired) electrons. The summed E-state index contributed by atoms with van der Waals surface area (Å²) in [7, 11) is 0. The Balaban J connectivity index is 1.89. The van der Waals surface area contributed by atoms with Crippen LogP contribution in [0.4, 0.5) is 0 Å². The van der Waals surface area contributed by atoms with Crippen LogP contribution in [0.2, 0.25) is 0 Å². The number of amides is 2. The smallest absolute Gasteiger partial charge is 0.251 e. The average Bonchev–Trinajstić information content (AvgIpc) is 2.97. The molecule has 0 spiro atoms. The normalized spacial score (nSPS) is 12.5. The lowest BCUT2D eigenvalue weighted by molar-refractivity contribution is -0.122. The number of aromatic nitrogens is 1. The van der Waals surface area contributed by atoms with Crippen molar-refractivity contribution in [2.24, 2.45) is 0 Å². The van der Waals surface area contributed by atoms with Crippen LogP contribution in [0.25, 0.3) is 0 Å². The molecule has 0 aliphatic carbocycles. The second-order valence-electron chi connectivity index (χ2n) is 7.12. The zero-order valence-electron chi connectivity index (χ0n) is 15.3. The number of aryl methyl sites for hydroxylation is 1. The van der Waals surface area contributed by atoms with Crippen molar-refractivity contribution >= 4 is 23.2 Å². The lowest BCUT2D eigenvalue weighted by Crippen LogP contribution is -2.44. The van der Waals surface area contributed by atoms with E-state index in [4.69, 9.17) is 0 Å². The van der Waals surface area contributed by atoms with Crippen LogP contribution in [0.15, 0.2) is 29.6 Å². The van der Waals surface area contributed by atoms with Gasteiger partial charge < -0.3 is 10.6 Å². The van der Waals surface area contributed by atoms with Crippen LogP contribution in [0.5, 0.6) is 0 Å². The molecule has 2 rings (SSSR count). The van der Waals surface area contributed by atoms with Crippen LogP contribution in [0.1, 0.15) is 54.3 Å². The third kappa shape index (κ3) is 5.39. The molecular formula is C19H25N3O2S. The maximum atomic E-state index is 12.3. The number of thiazole rings is 1. The van der Waals surface area contributed by atoms with Crippen LogP contribution in [-0.4, -0.2) is 22.8 Å². The van der Waals surface area contributed by atoms with Gasteiger partial charge in [0.2, 0.25) is 5.91 Å². The molecule has 1 heterocycles. The van der Waals surface area contributed by atoms with Crippen molar-refractivity contribution in [3.63, 3.8) is 0 Å². The first kappa shape index (κ1) is 19.1. The predicted octanol–water partition coefficient (Wildman–Crippen LogP) is 3.18. The highest BCUT2D eigenvalue weighted by atomic mass is 32.1. The first-order valence-corrected chi connectivity index (χ1v) is 9.15. The summed E-state index contributed by atoms with van der Waals surface area (Å²) in [5, 5.41) is 8.31. The van der Waals surface area contributed by atoms with Gasteiger partial charge in [0.15, 0.2) is 0 Å². The van der Waals surface area contributed by atoms with Crippen molar-refractivity contribution in [1.29, 1.82) is 0 Å². The minimum Gasteiger partial charge on any atom is -0.348 e. The van der Waals surface area contributed by atoms with E-state index in [0.29, 0.717) is 12.1 Å². The van der Waals surface area contributed by atoms with E-state index in [-0.39, 0.29) is 17.2 Å². The molecule has 5 nitrogen and oxygen atoms in total. The Morgan fingerprint density at radius 1 is 1.20 bits per heavy atom. The summed E-state index contributed by atoms with van der Waals surface area (Å²) in [5.74, 6) is -0.485. The fourth-order valence-electron chi connectivity index (χ4n) is 2.27. The standard InChI is InChI=1S/C19H25N3O2S/c1-12-11-25-16(21-12)10-20-17(23)13(2)22-18(24)14-6-8-15(9-7-14)19(3,4)5/h6-9,11,13H,10H2,1-5H3,(H,20,23)(H,22,24). The van der Waals surface area contributed by atoms with Gasteiger partial charge in [-0.15, -0.1) is 11.3 Å². The van der Waals surface area contributed by atoms with Gasteiger partial charge in [0.1, 0.15) is 11.0 Å². The second-order valence-corrected chi connectivity index (χ2v) is 8.07. The van der Waals surface area contributed by atoms with Gasteiger partial charge in [0.05, 0.1) is 6.54 Å². The van der Waals surface area contributed by atoms with Crippen molar-refractivity contribution in [2.75, 3.05) is 0 Å². The van der Waals surface area contributed by atoms with Gasteiger partial charge in [-0.25, -0.2) is 4.98 Å². The summed E-state index contributed by atoms with van der Waals surface area (Å²) in [6, 6.07) is 6.86. The zero-order chi connectivity index (χ0) is 18.6. The van der Waals surface area contributed by atoms with E-state index in [9.17, 15) is 9.59 Å². The Kier molecular flexibility index (Phi) is 5.95. The van der Waals surface area contributed by atoms with Crippen LogP contribution in [0, 0.1) is 6.92 Å². The van der Waals surface area contributed by atoms with Gasteiger partial charge in [-0.05, 0) is 37.0 Å². The number of carbonyl (C=O) groups excluding carboxylic acids is 2. The minimum atomic E-state index is -0.615. The van der Waals surface area contributed by atoms with Crippen LogP contribution >= 0.6 is 11.3 Å². The maximum absolute atomic E-state index is 12.3. The van der Waals surface area contributed by atoms with Crippen molar-refractivity contribution in [1.82, 2.24) is 15.6 Å². The summed E-state index contributed by atoms with van der Waals surface area (Å²) in [5.41, 5.74) is 2.68. The van der Waals surface area contributed by atoms with E-state index < -0.39 is 6.04 Å². The molecule has 0 fully saturated rings. The highest BCUT2D eigenvalue weighted by molar-refractivity contribution is 7.09. The Hall–Kier alpha value is -2.21. The molecule has 0 saturated carbocycles. The molecule has 1 aromatic carbocycles. The molecule has 2 amide bonds. The minimum absolute atomic E-state index is 0.0381. The predicted molar refractivity (Wildman–Crippen MR) is 101 cm³/mol. The molecule has 2 N–H and O–H groups in total. The number of hydrogen-bond donors (Lipinski definition) is 2. The summed E-state index contributed by atoms with van der Waals surface area (Å²) in [6.07, 6.45) is 0. The number of hydrogen-bond acceptors (Lipinski definition) is 4. The van der Waals surface area contributed by atoms with E-state index in [2.05, 4.69) is 36.4 Å². The molecular weight excluding hydrogens is 334 g/mol. The van der Waals surface area contributed by atoms with Crippen molar-refractivity contribution in [2.45, 2.75) is 52.6 Å². The SMILES string of the molecule is Cc1csc(CNC(=O)C(C)NC(=O)c2ccc(C(C)(C)C)cc2)n1. The van der Waals surface area contributed by atoms with E-state index >= 15 is 0 Å². The third-order valence-corrected chi connectivity index (χ3v) is 4.80. The summed E-state index contributed by atoms with van der Waals surface area (Å²) in [4.78, 5) is 28.7. The highest BCUT2D eigenvalue weighted by Crippen LogP contribution is 2.22. The first-order valence-electron chi connectivity index (χ1n) is 8.27. The Morgan fingerprint density at radius 2 is 1.84 bits per heavy atom. The van der Waals surface area contributed by atoms with E-state index in [0.717, 1.165) is 16.3 Å². The number of carbonyl (C=O) groups is 2. The molecule has 0 aliphatic heterocycles. The van der Waals surface area contributed by atoms with Gasteiger partial charge in [-0.2, -0.15) is 0 Å². The molecule has 1 unspecified atom stereocenters. The molecule has 2 aromatic rings.